The molecule has 0 amide bonds. The van der Waals surface area contributed by atoms with E-state index >= 15 is 0 Å². The van der Waals surface area contributed by atoms with Crippen molar-refractivity contribution >= 4 is 5.78 Å². The minimum atomic E-state index is 0.356. The normalized spacial score (nSPS) is 34.8. The first-order chi connectivity index (χ1) is 6.21. The molecule has 0 bridgehead atoms. The summed E-state index contributed by atoms with van der Waals surface area (Å²) >= 11 is 0. The van der Waals surface area contributed by atoms with Crippen molar-refractivity contribution in [2.45, 2.75) is 51.9 Å². The molecule has 0 heterocycles. The molecule has 0 spiro atoms. The summed E-state index contributed by atoms with van der Waals surface area (Å²) in [5.41, 5.74) is 1.82. The van der Waals surface area contributed by atoms with E-state index in [0.717, 1.165) is 12.8 Å². The molecule has 0 aliphatic heterocycles. The predicted octanol–water partition coefficient (Wildman–Crippen LogP) is 3.25. The summed E-state index contributed by atoms with van der Waals surface area (Å²) in [7, 11) is 0. The van der Waals surface area contributed by atoms with Crippen LogP contribution in [0, 0.1) is 5.41 Å². The highest BCUT2D eigenvalue weighted by Crippen LogP contribution is 2.44. The van der Waals surface area contributed by atoms with Crippen LogP contribution in [0.3, 0.4) is 0 Å². The van der Waals surface area contributed by atoms with Crippen molar-refractivity contribution in [2.24, 2.45) is 5.41 Å². The predicted molar refractivity (Wildman–Crippen MR) is 53.5 cm³/mol. The van der Waals surface area contributed by atoms with Gasteiger partial charge >= 0.3 is 0 Å². The number of rotatable bonds is 0. The summed E-state index contributed by atoms with van der Waals surface area (Å²) < 4.78 is 0. The third kappa shape index (κ3) is 1.70. The van der Waals surface area contributed by atoms with Crippen LogP contribution in [0.4, 0.5) is 0 Å². The third-order valence-corrected chi connectivity index (χ3v) is 3.71. The van der Waals surface area contributed by atoms with Crippen molar-refractivity contribution < 1.29 is 4.79 Å². The van der Waals surface area contributed by atoms with E-state index in [0.29, 0.717) is 11.2 Å². The Kier molecular flexibility index (Phi) is 2.27. The minimum absolute atomic E-state index is 0.356. The van der Waals surface area contributed by atoms with E-state index in [2.05, 4.69) is 6.92 Å². The van der Waals surface area contributed by atoms with Crippen LogP contribution in [-0.4, -0.2) is 5.78 Å². The standard InChI is InChI=1S/C12H18O/c1-12-7-4-2-3-5-10(12)9-11(13)6-8-12/h9H,2-8H2,1H3. The average molecular weight is 178 g/mol. The van der Waals surface area contributed by atoms with Gasteiger partial charge in [-0.2, -0.15) is 0 Å². The molecule has 1 atom stereocenters. The van der Waals surface area contributed by atoms with E-state index in [1.165, 1.54) is 37.7 Å². The SMILES string of the molecule is CC12CCCCCC1=CC(=O)CC2. The van der Waals surface area contributed by atoms with E-state index in [4.69, 9.17) is 0 Å². The molecular formula is C12H18O. The van der Waals surface area contributed by atoms with Crippen molar-refractivity contribution in [2.75, 3.05) is 0 Å². The maximum Gasteiger partial charge on any atom is 0.155 e. The van der Waals surface area contributed by atoms with Gasteiger partial charge < -0.3 is 0 Å². The summed E-state index contributed by atoms with van der Waals surface area (Å²) in [5, 5.41) is 0. The third-order valence-electron chi connectivity index (χ3n) is 3.71. The lowest BCUT2D eigenvalue weighted by Gasteiger charge is -2.33. The first kappa shape index (κ1) is 8.98. The van der Waals surface area contributed by atoms with Gasteiger partial charge in [-0.1, -0.05) is 25.3 Å². The molecule has 1 fully saturated rings. The molecule has 13 heavy (non-hydrogen) atoms. The number of fused-ring (bicyclic) bond motifs is 1. The Morgan fingerprint density at radius 2 is 2.00 bits per heavy atom. The maximum atomic E-state index is 11.3. The van der Waals surface area contributed by atoms with E-state index in [1.807, 2.05) is 6.08 Å². The molecule has 72 valence electrons. The van der Waals surface area contributed by atoms with Gasteiger partial charge in [-0.05, 0) is 37.2 Å². The molecule has 0 saturated heterocycles. The number of carbonyl (C=O) groups is 1. The zero-order chi connectivity index (χ0) is 9.31. The van der Waals surface area contributed by atoms with Gasteiger partial charge in [0.05, 0.1) is 0 Å². The molecule has 1 heteroatoms. The lowest BCUT2D eigenvalue weighted by Crippen LogP contribution is -2.24. The highest BCUT2D eigenvalue weighted by molar-refractivity contribution is 5.91. The monoisotopic (exact) mass is 178 g/mol. The van der Waals surface area contributed by atoms with Crippen molar-refractivity contribution in [3.05, 3.63) is 11.6 Å². The Labute approximate surface area is 80.2 Å². The first-order valence-corrected chi connectivity index (χ1v) is 5.45. The Bertz CT molecular complexity index is 252. The highest BCUT2D eigenvalue weighted by atomic mass is 16.1. The van der Waals surface area contributed by atoms with Gasteiger partial charge in [0.1, 0.15) is 0 Å². The first-order valence-electron chi connectivity index (χ1n) is 5.45. The van der Waals surface area contributed by atoms with Crippen molar-refractivity contribution in [3.8, 4) is 0 Å². The fourth-order valence-electron chi connectivity index (χ4n) is 2.67. The van der Waals surface area contributed by atoms with Crippen LogP contribution in [0.15, 0.2) is 11.6 Å². The van der Waals surface area contributed by atoms with Gasteiger partial charge in [-0.15, -0.1) is 0 Å². The highest BCUT2D eigenvalue weighted by Gasteiger charge is 2.33. The fraction of sp³-hybridized carbons (Fsp3) is 0.750. The van der Waals surface area contributed by atoms with Crippen molar-refractivity contribution in [3.63, 3.8) is 0 Å². The summed E-state index contributed by atoms with van der Waals surface area (Å²) in [5.74, 6) is 0.356. The van der Waals surface area contributed by atoms with Crippen LogP contribution < -0.4 is 0 Å². The molecule has 0 radical (unpaired) electrons. The number of hydrogen-bond donors (Lipinski definition) is 0. The van der Waals surface area contributed by atoms with E-state index in [9.17, 15) is 4.79 Å². The lowest BCUT2D eigenvalue weighted by atomic mass is 9.71. The van der Waals surface area contributed by atoms with Gasteiger partial charge in [-0.25, -0.2) is 0 Å². The van der Waals surface area contributed by atoms with Crippen LogP contribution in [0.2, 0.25) is 0 Å². The quantitative estimate of drug-likeness (QED) is 0.556. The van der Waals surface area contributed by atoms with E-state index in [-0.39, 0.29) is 0 Å². The largest absolute Gasteiger partial charge is 0.295 e. The Morgan fingerprint density at radius 1 is 1.15 bits per heavy atom. The molecule has 1 saturated carbocycles. The topological polar surface area (TPSA) is 17.1 Å². The Balaban J connectivity index is 2.27. The maximum absolute atomic E-state index is 11.3. The molecule has 2 aliphatic rings. The van der Waals surface area contributed by atoms with Crippen LogP contribution >= 0.6 is 0 Å². The number of ketones is 1. The van der Waals surface area contributed by atoms with Gasteiger partial charge in [0.15, 0.2) is 5.78 Å². The molecule has 0 aromatic carbocycles. The fourth-order valence-corrected chi connectivity index (χ4v) is 2.67. The number of hydrogen-bond acceptors (Lipinski definition) is 1. The molecule has 2 rings (SSSR count). The zero-order valence-corrected chi connectivity index (χ0v) is 8.44. The molecule has 2 aliphatic carbocycles. The summed E-state index contributed by atoms with van der Waals surface area (Å²) in [6, 6.07) is 0. The molecular weight excluding hydrogens is 160 g/mol. The molecule has 0 aromatic heterocycles. The summed E-state index contributed by atoms with van der Waals surface area (Å²) in [6.45, 7) is 2.34. The van der Waals surface area contributed by atoms with E-state index < -0.39 is 0 Å². The molecule has 1 nitrogen and oxygen atoms in total. The van der Waals surface area contributed by atoms with Gasteiger partial charge in [0.25, 0.3) is 0 Å². The second-order valence-electron chi connectivity index (χ2n) is 4.76. The number of carbonyl (C=O) groups excluding carboxylic acids is 1. The molecule has 0 N–H and O–H groups in total. The Morgan fingerprint density at radius 3 is 2.85 bits per heavy atom. The van der Waals surface area contributed by atoms with Crippen LogP contribution in [0.5, 0.6) is 0 Å². The van der Waals surface area contributed by atoms with Crippen molar-refractivity contribution in [1.29, 1.82) is 0 Å². The lowest BCUT2D eigenvalue weighted by molar-refractivity contribution is -0.115. The smallest absolute Gasteiger partial charge is 0.155 e. The van der Waals surface area contributed by atoms with E-state index in [1.54, 1.807) is 0 Å². The average Bonchev–Trinajstić information content (AvgIpc) is 2.28. The second-order valence-corrected chi connectivity index (χ2v) is 4.76. The molecule has 0 aromatic rings. The molecule has 1 unspecified atom stereocenters. The minimum Gasteiger partial charge on any atom is -0.295 e. The van der Waals surface area contributed by atoms with Crippen LogP contribution in [-0.2, 0) is 4.79 Å². The van der Waals surface area contributed by atoms with Gasteiger partial charge in [-0.3, -0.25) is 4.79 Å². The summed E-state index contributed by atoms with van der Waals surface area (Å²) in [6.07, 6.45) is 10.3. The Hall–Kier alpha value is -0.590. The van der Waals surface area contributed by atoms with Crippen molar-refractivity contribution in [1.82, 2.24) is 0 Å². The summed E-state index contributed by atoms with van der Waals surface area (Å²) in [4.78, 5) is 11.3. The zero-order valence-electron chi connectivity index (χ0n) is 8.44. The van der Waals surface area contributed by atoms with Crippen LogP contribution in [0.1, 0.15) is 51.9 Å². The van der Waals surface area contributed by atoms with Gasteiger partial charge in [0.2, 0.25) is 0 Å². The van der Waals surface area contributed by atoms with Crippen LogP contribution in [0.25, 0.3) is 0 Å². The second kappa shape index (κ2) is 3.28. The van der Waals surface area contributed by atoms with Gasteiger partial charge in [0, 0.05) is 6.42 Å². The number of allylic oxidation sites excluding steroid dienone is 2.